The van der Waals surface area contributed by atoms with Gasteiger partial charge in [0, 0.05) is 16.8 Å². The Labute approximate surface area is 130 Å². The second-order valence-corrected chi connectivity index (χ2v) is 5.49. The van der Waals surface area contributed by atoms with E-state index in [4.69, 9.17) is 11.6 Å². The summed E-state index contributed by atoms with van der Waals surface area (Å²) in [4.78, 5) is 12.0. The predicted molar refractivity (Wildman–Crippen MR) is 89.6 cm³/mol. The van der Waals surface area contributed by atoms with Crippen molar-refractivity contribution < 1.29 is 4.79 Å². The van der Waals surface area contributed by atoms with E-state index >= 15 is 0 Å². The van der Waals surface area contributed by atoms with Crippen molar-refractivity contribution >= 4 is 29.3 Å². The lowest BCUT2D eigenvalue weighted by Crippen LogP contribution is -2.10. The third-order valence-corrected chi connectivity index (χ3v) is 3.50. The van der Waals surface area contributed by atoms with E-state index in [1.165, 1.54) is 6.08 Å². The first kappa shape index (κ1) is 15.3. The molecule has 0 aromatic heterocycles. The van der Waals surface area contributed by atoms with Gasteiger partial charge in [-0.15, -0.1) is 0 Å². The van der Waals surface area contributed by atoms with Gasteiger partial charge in [-0.2, -0.15) is 0 Å². The van der Waals surface area contributed by atoms with Gasteiger partial charge in [-0.3, -0.25) is 4.79 Å². The van der Waals surface area contributed by atoms with Crippen molar-refractivity contribution in [3.8, 4) is 0 Å². The van der Waals surface area contributed by atoms with Crippen molar-refractivity contribution in [1.82, 2.24) is 0 Å². The first-order valence-corrected chi connectivity index (χ1v) is 7.28. The van der Waals surface area contributed by atoms with Crippen LogP contribution >= 0.6 is 11.6 Å². The van der Waals surface area contributed by atoms with Crippen LogP contribution in [-0.4, -0.2) is 5.91 Å². The number of nitrogens with one attached hydrogen (secondary N) is 1. The number of hydrogen-bond donors (Lipinski definition) is 1. The fraction of sp³-hybridized carbons (Fsp3) is 0.167. The summed E-state index contributed by atoms with van der Waals surface area (Å²) in [7, 11) is 0. The van der Waals surface area contributed by atoms with Crippen LogP contribution in [0.25, 0.3) is 6.08 Å². The first-order valence-electron chi connectivity index (χ1n) is 6.90. The molecule has 2 rings (SSSR count). The van der Waals surface area contributed by atoms with Gasteiger partial charge in [0.25, 0.3) is 0 Å². The monoisotopic (exact) mass is 299 g/mol. The molecule has 21 heavy (non-hydrogen) atoms. The molecule has 3 heteroatoms. The number of benzene rings is 2. The molecule has 0 radical (unpaired) electrons. The van der Waals surface area contributed by atoms with E-state index in [2.05, 4.69) is 19.2 Å². The normalized spacial score (nSPS) is 11.0. The van der Waals surface area contributed by atoms with Crippen LogP contribution in [0.4, 0.5) is 5.69 Å². The molecule has 0 unspecified atom stereocenters. The van der Waals surface area contributed by atoms with Crippen molar-refractivity contribution in [3.05, 3.63) is 70.8 Å². The van der Waals surface area contributed by atoms with E-state index in [0.717, 1.165) is 16.8 Å². The second kappa shape index (κ2) is 7.09. The van der Waals surface area contributed by atoms with Crippen LogP contribution in [0, 0.1) is 0 Å². The highest BCUT2D eigenvalue weighted by molar-refractivity contribution is 6.32. The van der Waals surface area contributed by atoms with Gasteiger partial charge in [-0.25, -0.2) is 0 Å². The first-order chi connectivity index (χ1) is 10.1. The average molecular weight is 300 g/mol. The minimum Gasteiger partial charge on any atom is -0.322 e. The Hall–Kier alpha value is -2.06. The Morgan fingerprint density at radius 3 is 2.48 bits per heavy atom. The molecule has 0 saturated carbocycles. The fourth-order valence-electron chi connectivity index (χ4n) is 2.06. The van der Waals surface area contributed by atoms with Crippen molar-refractivity contribution in [2.45, 2.75) is 19.8 Å². The smallest absolute Gasteiger partial charge is 0.248 e. The van der Waals surface area contributed by atoms with Crippen LogP contribution in [0.5, 0.6) is 0 Å². The molecule has 2 aromatic carbocycles. The summed E-state index contributed by atoms with van der Waals surface area (Å²) >= 11 is 6.05. The number of hydrogen-bond acceptors (Lipinski definition) is 1. The minimum atomic E-state index is -0.164. The summed E-state index contributed by atoms with van der Waals surface area (Å²) in [6.07, 6.45) is 3.22. The van der Waals surface area contributed by atoms with Crippen LogP contribution in [0.2, 0.25) is 5.02 Å². The molecular weight excluding hydrogens is 282 g/mol. The molecule has 0 spiro atoms. The van der Waals surface area contributed by atoms with E-state index < -0.39 is 0 Å². The second-order valence-electron chi connectivity index (χ2n) is 5.09. The van der Waals surface area contributed by atoms with Gasteiger partial charge in [0.15, 0.2) is 0 Å². The molecule has 1 amide bonds. The van der Waals surface area contributed by atoms with Crippen molar-refractivity contribution in [2.24, 2.45) is 0 Å². The van der Waals surface area contributed by atoms with Gasteiger partial charge in [0.1, 0.15) is 0 Å². The highest BCUT2D eigenvalue weighted by atomic mass is 35.5. The number of amides is 1. The van der Waals surface area contributed by atoms with Crippen LogP contribution in [0.15, 0.2) is 54.6 Å². The Morgan fingerprint density at radius 1 is 1.10 bits per heavy atom. The predicted octanol–water partition coefficient (Wildman–Crippen LogP) is 5.12. The Bertz CT molecular complexity index is 662. The largest absolute Gasteiger partial charge is 0.322 e. The lowest BCUT2D eigenvalue weighted by Gasteiger charge is -2.12. The van der Waals surface area contributed by atoms with E-state index in [-0.39, 0.29) is 5.91 Å². The zero-order valence-corrected chi connectivity index (χ0v) is 12.9. The minimum absolute atomic E-state index is 0.164. The van der Waals surface area contributed by atoms with Crippen LogP contribution < -0.4 is 5.32 Å². The van der Waals surface area contributed by atoms with Crippen molar-refractivity contribution in [2.75, 3.05) is 5.32 Å². The van der Waals surface area contributed by atoms with Gasteiger partial charge in [-0.1, -0.05) is 61.8 Å². The number of rotatable bonds is 4. The number of carbonyl (C=O) groups excluding carboxylic acids is 1. The van der Waals surface area contributed by atoms with Gasteiger partial charge >= 0.3 is 0 Å². The summed E-state index contributed by atoms with van der Waals surface area (Å²) in [5.41, 5.74) is 2.80. The van der Waals surface area contributed by atoms with E-state index in [1.54, 1.807) is 12.1 Å². The molecule has 0 aliphatic heterocycles. The summed E-state index contributed by atoms with van der Waals surface area (Å²) in [6, 6.07) is 15.2. The molecule has 0 heterocycles. The van der Waals surface area contributed by atoms with E-state index in [9.17, 15) is 4.79 Å². The Balaban J connectivity index is 2.11. The molecule has 108 valence electrons. The summed E-state index contributed by atoms with van der Waals surface area (Å²) < 4.78 is 0. The molecule has 0 bridgehead atoms. The molecule has 2 aromatic rings. The maximum absolute atomic E-state index is 12.0. The average Bonchev–Trinajstić information content (AvgIpc) is 2.47. The topological polar surface area (TPSA) is 29.1 Å². The van der Waals surface area contributed by atoms with Crippen molar-refractivity contribution in [1.29, 1.82) is 0 Å². The summed E-state index contributed by atoms with van der Waals surface area (Å²) in [5, 5.41) is 3.54. The van der Waals surface area contributed by atoms with Gasteiger partial charge in [0.2, 0.25) is 5.91 Å². The standard InChI is InChI=1S/C18H18ClNO/c1-13(2)15-8-4-6-10-17(15)20-18(21)12-11-14-7-3-5-9-16(14)19/h3-13H,1-2H3,(H,20,21)/b12-11+. The molecule has 1 N–H and O–H groups in total. The quantitative estimate of drug-likeness (QED) is 0.780. The molecular formula is C18H18ClNO. The van der Waals surface area contributed by atoms with Gasteiger partial charge in [0.05, 0.1) is 0 Å². The number of carbonyl (C=O) groups is 1. The van der Waals surface area contributed by atoms with Gasteiger partial charge in [-0.05, 0) is 35.3 Å². The van der Waals surface area contributed by atoms with Crippen LogP contribution in [0.3, 0.4) is 0 Å². The lowest BCUT2D eigenvalue weighted by molar-refractivity contribution is -0.111. The van der Waals surface area contributed by atoms with Crippen LogP contribution in [-0.2, 0) is 4.79 Å². The molecule has 2 nitrogen and oxygen atoms in total. The number of anilines is 1. The highest BCUT2D eigenvalue weighted by Gasteiger charge is 2.07. The summed E-state index contributed by atoms with van der Waals surface area (Å²) in [5.74, 6) is 0.192. The van der Waals surface area contributed by atoms with Crippen molar-refractivity contribution in [3.63, 3.8) is 0 Å². The Kier molecular flexibility index (Phi) is 5.18. The fourth-order valence-corrected chi connectivity index (χ4v) is 2.26. The molecule has 0 aliphatic carbocycles. The van der Waals surface area contributed by atoms with E-state index in [1.807, 2.05) is 42.5 Å². The van der Waals surface area contributed by atoms with Crippen LogP contribution in [0.1, 0.15) is 30.9 Å². The third-order valence-electron chi connectivity index (χ3n) is 3.16. The SMILES string of the molecule is CC(C)c1ccccc1NC(=O)/C=C/c1ccccc1Cl. The Morgan fingerprint density at radius 2 is 1.76 bits per heavy atom. The molecule has 0 atom stereocenters. The lowest BCUT2D eigenvalue weighted by atomic mass is 10.0. The maximum atomic E-state index is 12.0. The zero-order valence-electron chi connectivity index (χ0n) is 12.1. The molecule has 0 saturated heterocycles. The molecule has 0 fully saturated rings. The van der Waals surface area contributed by atoms with Gasteiger partial charge < -0.3 is 5.32 Å². The molecule has 0 aliphatic rings. The number of halogens is 1. The van der Waals surface area contributed by atoms with E-state index in [0.29, 0.717) is 10.9 Å². The maximum Gasteiger partial charge on any atom is 0.248 e. The summed E-state index contributed by atoms with van der Waals surface area (Å²) in [6.45, 7) is 4.20. The zero-order chi connectivity index (χ0) is 15.2. The third kappa shape index (κ3) is 4.20. The number of para-hydroxylation sites is 1. The highest BCUT2D eigenvalue weighted by Crippen LogP contribution is 2.23.